The number of likely N-dealkylation sites (tertiary alicyclic amines) is 1. The second kappa shape index (κ2) is 12.4. The number of rotatable bonds is 14. The Morgan fingerprint density at radius 3 is 2.57 bits per heavy atom. The standard InChI is InChI=1S/C28H43BrN2O6/c1-6-8-9-13-17-36-26(35)20-21-24(33)30(15-11-10-12-16-32)23(28(21)18-19(29)22(20)37-28)25(34)31(14-7-2)27(3,4)5/h6-7,19-23,32H,1-2,8-18H2,3-5H3/t19?,20-,21+,22-,23?,28?/m1/s1. The van der Waals surface area contributed by atoms with Gasteiger partial charge in [-0.15, -0.1) is 13.2 Å². The molecule has 3 fully saturated rings. The molecule has 0 aromatic heterocycles. The van der Waals surface area contributed by atoms with Crippen LogP contribution in [-0.4, -0.2) is 87.1 Å². The molecular formula is C28H43BrN2O6. The second-order valence-corrected chi connectivity index (χ2v) is 12.5. The number of carbonyl (C=O) groups is 3. The number of fused-ring (bicyclic) bond motifs is 1. The molecule has 3 aliphatic heterocycles. The molecule has 3 aliphatic rings. The van der Waals surface area contributed by atoms with Crippen LogP contribution >= 0.6 is 15.9 Å². The number of halogens is 1. The first-order valence-corrected chi connectivity index (χ1v) is 14.4. The summed E-state index contributed by atoms with van der Waals surface area (Å²) >= 11 is 3.69. The Balaban J connectivity index is 1.94. The van der Waals surface area contributed by atoms with Crippen molar-refractivity contribution >= 4 is 33.7 Å². The zero-order valence-corrected chi connectivity index (χ0v) is 24.1. The second-order valence-electron chi connectivity index (χ2n) is 11.3. The normalized spacial score (nSPS) is 30.4. The zero-order chi connectivity index (χ0) is 27.4. The highest BCUT2D eigenvalue weighted by Gasteiger charge is 2.77. The molecule has 8 nitrogen and oxygen atoms in total. The molecule has 0 saturated carbocycles. The summed E-state index contributed by atoms with van der Waals surface area (Å²) in [5.41, 5.74) is -1.60. The number of amides is 2. The van der Waals surface area contributed by atoms with Crippen LogP contribution in [0.25, 0.3) is 0 Å². The van der Waals surface area contributed by atoms with E-state index in [0.717, 1.165) is 25.7 Å². The van der Waals surface area contributed by atoms with Gasteiger partial charge in [-0.25, -0.2) is 0 Å². The third-order valence-electron chi connectivity index (χ3n) is 7.79. The maximum absolute atomic E-state index is 14.2. The number of allylic oxidation sites excluding steroid dienone is 1. The Hall–Kier alpha value is -1.71. The van der Waals surface area contributed by atoms with Crippen LogP contribution in [-0.2, 0) is 23.9 Å². The van der Waals surface area contributed by atoms with Gasteiger partial charge in [0, 0.05) is 30.1 Å². The van der Waals surface area contributed by atoms with Crippen molar-refractivity contribution in [2.75, 3.05) is 26.3 Å². The highest BCUT2D eigenvalue weighted by atomic mass is 79.9. The van der Waals surface area contributed by atoms with Crippen molar-refractivity contribution in [2.24, 2.45) is 11.8 Å². The van der Waals surface area contributed by atoms with Crippen LogP contribution < -0.4 is 0 Å². The fraction of sp³-hybridized carbons (Fsp3) is 0.750. The summed E-state index contributed by atoms with van der Waals surface area (Å²) in [7, 11) is 0. The summed E-state index contributed by atoms with van der Waals surface area (Å²) in [6, 6.07) is -0.839. The maximum Gasteiger partial charge on any atom is 0.312 e. The van der Waals surface area contributed by atoms with E-state index in [2.05, 4.69) is 29.1 Å². The quantitative estimate of drug-likeness (QED) is 0.145. The average Bonchev–Trinajstić information content (AvgIpc) is 3.42. The summed E-state index contributed by atoms with van der Waals surface area (Å²) in [6.45, 7) is 14.5. The zero-order valence-electron chi connectivity index (χ0n) is 22.5. The molecule has 37 heavy (non-hydrogen) atoms. The molecule has 9 heteroatoms. The molecule has 0 aromatic rings. The SMILES string of the molecule is C=CCCCCOC(=O)[C@H]1[C@@H]2OC3(CC2Br)C(C(=O)N(CC=C)C(C)(C)C)N(CCCCCO)C(=O)[C@H]13. The van der Waals surface area contributed by atoms with Gasteiger partial charge in [0.15, 0.2) is 0 Å². The lowest BCUT2D eigenvalue weighted by Gasteiger charge is -2.42. The van der Waals surface area contributed by atoms with Crippen LogP contribution in [0.4, 0.5) is 0 Å². The minimum absolute atomic E-state index is 0.0801. The molecule has 3 saturated heterocycles. The molecule has 0 aliphatic carbocycles. The summed E-state index contributed by atoms with van der Waals surface area (Å²) in [5.74, 6) is -2.36. The third kappa shape index (κ3) is 5.83. The number of nitrogens with zero attached hydrogens (tertiary/aromatic N) is 2. The van der Waals surface area contributed by atoms with E-state index in [1.165, 1.54) is 0 Å². The van der Waals surface area contributed by atoms with E-state index in [9.17, 15) is 19.5 Å². The first-order chi connectivity index (χ1) is 17.5. The molecule has 2 bridgehead atoms. The molecule has 3 unspecified atom stereocenters. The molecule has 208 valence electrons. The maximum atomic E-state index is 14.2. The summed E-state index contributed by atoms with van der Waals surface area (Å²) in [4.78, 5) is 44.8. The van der Waals surface area contributed by atoms with Gasteiger partial charge in [0.25, 0.3) is 0 Å². The number of aliphatic hydroxyl groups excluding tert-OH is 1. The fourth-order valence-electron chi connectivity index (χ4n) is 6.12. The summed E-state index contributed by atoms with van der Waals surface area (Å²) in [5, 5.41) is 9.20. The predicted molar refractivity (Wildman–Crippen MR) is 145 cm³/mol. The van der Waals surface area contributed by atoms with Crippen molar-refractivity contribution in [3.05, 3.63) is 25.3 Å². The van der Waals surface area contributed by atoms with Gasteiger partial charge in [0.1, 0.15) is 11.6 Å². The Morgan fingerprint density at radius 2 is 1.95 bits per heavy atom. The van der Waals surface area contributed by atoms with Gasteiger partial charge in [-0.05, 0) is 65.7 Å². The number of alkyl halides is 1. The summed E-state index contributed by atoms with van der Waals surface area (Å²) in [6.07, 6.45) is 7.92. The molecule has 0 radical (unpaired) electrons. The molecule has 0 aromatic carbocycles. The lowest BCUT2D eigenvalue weighted by molar-refractivity contribution is -0.155. The van der Waals surface area contributed by atoms with E-state index in [0.29, 0.717) is 32.4 Å². The van der Waals surface area contributed by atoms with Gasteiger partial charge in [-0.3, -0.25) is 14.4 Å². The number of hydrogen-bond acceptors (Lipinski definition) is 6. The van der Waals surface area contributed by atoms with Crippen molar-refractivity contribution in [3.8, 4) is 0 Å². The van der Waals surface area contributed by atoms with Gasteiger partial charge < -0.3 is 24.4 Å². The van der Waals surface area contributed by atoms with Crippen LogP contribution in [0.5, 0.6) is 0 Å². The molecule has 3 heterocycles. The lowest BCUT2D eigenvalue weighted by atomic mass is 9.70. The Morgan fingerprint density at radius 1 is 1.22 bits per heavy atom. The molecule has 1 spiro atoms. The van der Waals surface area contributed by atoms with Crippen LogP contribution in [0, 0.1) is 11.8 Å². The van der Waals surface area contributed by atoms with Crippen LogP contribution in [0.2, 0.25) is 0 Å². The van der Waals surface area contributed by atoms with Gasteiger partial charge in [-0.2, -0.15) is 0 Å². The van der Waals surface area contributed by atoms with E-state index >= 15 is 0 Å². The van der Waals surface area contributed by atoms with E-state index < -0.39 is 41.1 Å². The lowest BCUT2D eigenvalue weighted by Crippen LogP contribution is -2.60. The van der Waals surface area contributed by atoms with E-state index in [-0.39, 0.29) is 29.9 Å². The van der Waals surface area contributed by atoms with Gasteiger partial charge in [0.2, 0.25) is 11.8 Å². The van der Waals surface area contributed by atoms with Crippen LogP contribution in [0.3, 0.4) is 0 Å². The molecular weight excluding hydrogens is 540 g/mol. The van der Waals surface area contributed by atoms with Crippen molar-refractivity contribution in [1.29, 1.82) is 0 Å². The van der Waals surface area contributed by atoms with Gasteiger partial charge in [-0.1, -0.05) is 28.1 Å². The molecule has 1 N–H and O–H groups in total. The van der Waals surface area contributed by atoms with Gasteiger partial charge in [0.05, 0.1) is 24.5 Å². The Labute approximate surface area is 229 Å². The van der Waals surface area contributed by atoms with Crippen LogP contribution in [0.15, 0.2) is 25.3 Å². The van der Waals surface area contributed by atoms with Crippen molar-refractivity contribution < 1.29 is 29.0 Å². The van der Waals surface area contributed by atoms with Crippen molar-refractivity contribution in [3.63, 3.8) is 0 Å². The van der Waals surface area contributed by atoms with E-state index in [1.807, 2.05) is 26.8 Å². The smallest absolute Gasteiger partial charge is 0.312 e. The number of aliphatic hydroxyl groups is 1. The number of unbranched alkanes of at least 4 members (excludes halogenated alkanes) is 4. The predicted octanol–water partition coefficient (Wildman–Crippen LogP) is 3.61. The Bertz CT molecular complexity index is 873. The van der Waals surface area contributed by atoms with Crippen LogP contribution in [0.1, 0.15) is 65.7 Å². The molecule has 2 amide bonds. The number of ether oxygens (including phenoxy) is 2. The number of esters is 1. The van der Waals surface area contributed by atoms with E-state index in [1.54, 1.807) is 15.9 Å². The van der Waals surface area contributed by atoms with E-state index in [4.69, 9.17) is 9.47 Å². The molecule has 3 rings (SSSR count). The number of hydrogen-bond donors (Lipinski definition) is 1. The monoisotopic (exact) mass is 582 g/mol. The first kappa shape index (κ1) is 29.8. The third-order valence-corrected chi connectivity index (χ3v) is 8.63. The highest BCUT2D eigenvalue weighted by molar-refractivity contribution is 9.09. The topological polar surface area (TPSA) is 96.4 Å². The van der Waals surface area contributed by atoms with Gasteiger partial charge >= 0.3 is 5.97 Å². The largest absolute Gasteiger partial charge is 0.465 e. The minimum Gasteiger partial charge on any atom is -0.465 e. The number of carbonyl (C=O) groups excluding carboxylic acids is 3. The fourth-order valence-corrected chi connectivity index (χ4v) is 7.06. The minimum atomic E-state index is -1.10. The Kier molecular flexibility index (Phi) is 10.0. The highest BCUT2D eigenvalue weighted by Crippen LogP contribution is 2.60. The summed E-state index contributed by atoms with van der Waals surface area (Å²) < 4.78 is 12.2. The van der Waals surface area contributed by atoms with Crippen molar-refractivity contribution in [1.82, 2.24) is 9.80 Å². The van der Waals surface area contributed by atoms with Crippen molar-refractivity contribution in [2.45, 2.75) is 93.8 Å². The molecule has 6 atom stereocenters. The average molecular weight is 584 g/mol. The first-order valence-electron chi connectivity index (χ1n) is 13.5.